The van der Waals surface area contributed by atoms with Gasteiger partial charge in [0.1, 0.15) is 0 Å². The molecule has 0 aromatic heterocycles. The third kappa shape index (κ3) is 88.1. The van der Waals surface area contributed by atoms with Gasteiger partial charge in [-0.25, -0.2) is 0 Å². The zero-order valence-electron chi connectivity index (χ0n) is 6.45. The van der Waals surface area contributed by atoms with Crippen molar-refractivity contribution in [3.8, 4) is 0 Å². The van der Waals surface area contributed by atoms with Gasteiger partial charge in [0, 0.05) is 105 Å². The van der Waals surface area contributed by atoms with Crippen LogP contribution in [0.1, 0.15) is 0 Å². The summed E-state index contributed by atoms with van der Waals surface area (Å²) in [6, 6.07) is 0. The Hall–Kier alpha value is 4.13. The Morgan fingerprint density at radius 1 is 0.300 bits per heavy atom. The van der Waals surface area contributed by atoms with Crippen LogP contribution in [-0.4, -0.2) is 0 Å². The molecule has 0 N–H and O–H groups in total. The molecule has 0 amide bonds. The Morgan fingerprint density at radius 2 is 0.300 bits per heavy atom. The molecule has 0 fully saturated rings. The molecule has 0 aliphatic rings. The van der Waals surface area contributed by atoms with E-state index in [0.29, 0.717) is 0 Å². The van der Waals surface area contributed by atoms with E-state index >= 15 is 0 Å². The quantitative estimate of drug-likeness (QED) is 0.326. The van der Waals surface area contributed by atoms with Gasteiger partial charge < -0.3 is 29.7 Å². The van der Waals surface area contributed by atoms with Crippen molar-refractivity contribution >= 4 is 0 Å². The van der Waals surface area contributed by atoms with Crippen LogP contribution in [0.25, 0.3) is 0 Å². The summed E-state index contributed by atoms with van der Waals surface area (Å²) in [5.74, 6) is 0. The largest absolute Gasteiger partial charge is 2.00 e. The first-order chi connectivity index (χ1) is 0. The van der Waals surface area contributed by atoms with Gasteiger partial charge in [0.15, 0.2) is 0 Å². The van der Waals surface area contributed by atoms with Crippen LogP contribution in [0.2, 0.25) is 0 Å². The summed E-state index contributed by atoms with van der Waals surface area (Å²) in [6.07, 6.45) is 0. The molecule has 0 nitrogen and oxygen atoms in total. The average molecular weight is 1160 g/mol. The minimum atomic E-state index is 0. The van der Waals surface area contributed by atoms with Gasteiger partial charge in [0.25, 0.3) is 0 Å². The molecule has 0 spiro atoms. The Kier molecular flexibility index (Phi) is 1620. The third-order valence-corrected chi connectivity index (χ3v) is 0. The van der Waals surface area contributed by atoms with E-state index in [4.69, 9.17) is 0 Å². The van der Waals surface area contributed by atoms with E-state index in [1.807, 2.05) is 0 Å². The Morgan fingerprint density at radius 3 is 0.300 bits per heavy atom. The zero-order valence-corrected chi connectivity index (χ0v) is 24.0. The van der Waals surface area contributed by atoms with Crippen LogP contribution in [0.5, 0.6) is 0 Å². The molecule has 0 saturated carbocycles. The normalized spacial score (nSPS) is 0. The fourth-order valence-electron chi connectivity index (χ4n) is 0. The zero-order chi connectivity index (χ0) is 0. The molecular formula is C4H12W6-2. The van der Waals surface area contributed by atoms with Crippen molar-refractivity contribution in [2.75, 3.05) is 0 Å². The summed E-state index contributed by atoms with van der Waals surface area (Å²) in [5.41, 5.74) is 0. The van der Waals surface area contributed by atoms with Gasteiger partial charge in [-0.05, 0) is 0 Å². The van der Waals surface area contributed by atoms with E-state index in [1.54, 1.807) is 0 Å². The molecule has 0 unspecified atom stereocenters. The van der Waals surface area contributed by atoms with Crippen LogP contribution < -0.4 is 0 Å². The summed E-state index contributed by atoms with van der Waals surface area (Å²) in [7, 11) is 0. The second-order valence-electron chi connectivity index (χ2n) is 0. The molecule has 0 radical (unpaired) electrons. The van der Waals surface area contributed by atoms with E-state index in [1.165, 1.54) is 0 Å². The maximum Gasteiger partial charge on any atom is 2.00 e. The molecule has 0 atom stereocenters. The third-order valence-electron chi connectivity index (χ3n) is 0. The van der Waals surface area contributed by atoms with Crippen LogP contribution in [0.3, 0.4) is 0 Å². The number of hydrogen-bond acceptors (Lipinski definition) is 0. The first-order valence-corrected chi connectivity index (χ1v) is 0. The van der Waals surface area contributed by atoms with Crippen molar-refractivity contribution in [1.82, 2.24) is 0 Å². The molecule has 0 aromatic carbocycles. The second-order valence-corrected chi connectivity index (χ2v) is 0. The Labute approximate surface area is 153 Å². The number of rotatable bonds is 0. The van der Waals surface area contributed by atoms with Crippen molar-refractivity contribution in [2.24, 2.45) is 0 Å². The van der Waals surface area contributed by atoms with Gasteiger partial charge in [-0.2, -0.15) is 0 Å². The average Bonchev–Trinajstić information content (AvgIpc) is 0. The molecule has 0 aliphatic heterocycles. The van der Waals surface area contributed by atoms with Gasteiger partial charge in [-0.15, -0.1) is 0 Å². The predicted molar refractivity (Wildman–Crippen MR) is 25.7 cm³/mol. The van der Waals surface area contributed by atoms with Gasteiger partial charge in [0.05, 0.1) is 0 Å². The summed E-state index contributed by atoms with van der Waals surface area (Å²) in [4.78, 5) is 0. The minimum Gasteiger partial charge on any atom is -0.358 e. The molecule has 66 valence electrons. The van der Waals surface area contributed by atoms with Gasteiger partial charge >= 0.3 is 21.1 Å². The molecule has 0 aromatic rings. The first kappa shape index (κ1) is 143. The smallest absolute Gasteiger partial charge is 0.358 e. The molecule has 10 heavy (non-hydrogen) atoms. The SMILES string of the molecule is [CH3-].[CH3-].[CH3-].[CH3-].[W+2].[W].[W].[W].[W].[W]. The van der Waals surface area contributed by atoms with Crippen LogP contribution in [0.4, 0.5) is 0 Å². The molecule has 0 bridgehead atoms. The number of hydrogen-bond donors (Lipinski definition) is 0. The van der Waals surface area contributed by atoms with E-state index in [2.05, 4.69) is 0 Å². The maximum absolute atomic E-state index is 0. The van der Waals surface area contributed by atoms with Crippen molar-refractivity contribution < 1.29 is 126 Å². The molecule has 6 heteroatoms. The van der Waals surface area contributed by atoms with E-state index in [-0.39, 0.29) is 156 Å². The van der Waals surface area contributed by atoms with E-state index in [0.717, 1.165) is 0 Å². The Balaban J connectivity index is 0. The van der Waals surface area contributed by atoms with Crippen LogP contribution in [0.15, 0.2) is 0 Å². The van der Waals surface area contributed by atoms with Crippen LogP contribution in [-0.2, 0) is 126 Å². The van der Waals surface area contributed by atoms with Gasteiger partial charge in [0.2, 0.25) is 0 Å². The summed E-state index contributed by atoms with van der Waals surface area (Å²) < 4.78 is 0. The first-order valence-electron chi connectivity index (χ1n) is 0. The van der Waals surface area contributed by atoms with Gasteiger partial charge in [-0.3, -0.25) is 0 Å². The van der Waals surface area contributed by atoms with Crippen LogP contribution >= 0.6 is 0 Å². The standard InChI is InChI=1S/4CH3.6W/h4*1H3;;;;;;/q4*-1;;;;;;+2. The molecule has 0 rings (SSSR count). The van der Waals surface area contributed by atoms with E-state index in [9.17, 15) is 0 Å². The topological polar surface area (TPSA) is 0 Å². The summed E-state index contributed by atoms with van der Waals surface area (Å²) in [6.45, 7) is 0. The second kappa shape index (κ2) is 113. The molecule has 0 saturated heterocycles. The van der Waals surface area contributed by atoms with Crippen molar-refractivity contribution in [3.05, 3.63) is 29.7 Å². The Bertz CT molecular complexity index is 9.71. The van der Waals surface area contributed by atoms with Gasteiger partial charge in [-0.1, -0.05) is 0 Å². The fourth-order valence-corrected chi connectivity index (χ4v) is 0. The van der Waals surface area contributed by atoms with Crippen molar-refractivity contribution in [2.45, 2.75) is 0 Å². The molecular weight excluding hydrogens is 1150 g/mol. The molecule has 0 heterocycles. The van der Waals surface area contributed by atoms with Crippen molar-refractivity contribution in [1.29, 1.82) is 0 Å². The minimum absolute atomic E-state index is 0. The summed E-state index contributed by atoms with van der Waals surface area (Å²) >= 11 is 0. The maximum atomic E-state index is 0. The fraction of sp³-hybridized carbons (Fsp3) is 0. The van der Waals surface area contributed by atoms with Crippen LogP contribution in [0, 0.1) is 29.7 Å². The van der Waals surface area contributed by atoms with E-state index < -0.39 is 0 Å². The monoisotopic (exact) mass is 1160 g/mol. The van der Waals surface area contributed by atoms with Crippen molar-refractivity contribution in [3.63, 3.8) is 0 Å². The molecule has 0 aliphatic carbocycles. The summed E-state index contributed by atoms with van der Waals surface area (Å²) in [5, 5.41) is 0. The predicted octanol–water partition coefficient (Wildman–Crippen LogP) is 1.79.